The van der Waals surface area contributed by atoms with Crippen molar-refractivity contribution in [3.8, 4) is 6.07 Å². The topological polar surface area (TPSA) is 85.8 Å². The van der Waals surface area contributed by atoms with Gasteiger partial charge in [-0.2, -0.15) is 5.26 Å². The van der Waals surface area contributed by atoms with Crippen LogP contribution in [0.3, 0.4) is 0 Å². The van der Waals surface area contributed by atoms with Gasteiger partial charge in [0.25, 0.3) is 11.5 Å². The quantitative estimate of drug-likeness (QED) is 0.892. The number of aromatic nitrogens is 1. The van der Waals surface area contributed by atoms with Gasteiger partial charge in [-0.1, -0.05) is 37.5 Å². The predicted molar refractivity (Wildman–Crippen MR) is 83.5 cm³/mol. The average molecular weight is 295 g/mol. The molecule has 112 valence electrons. The van der Waals surface area contributed by atoms with E-state index in [1.54, 1.807) is 24.3 Å². The Morgan fingerprint density at radius 2 is 1.95 bits per heavy atom. The van der Waals surface area contributed by atoms with Crippen LogP contribution in [0.4, 0.5) is 0 Å². The van der Waals surface area contributed by atoms with E-state index in [1.165, 1.54) is 0 Å². The second-order valence-corrected chi connectivity index (χ2v) is 5.81. The van der Waals surface area contributed by atoms with Crippen molar-refractivity contribution in [2.24, 2.45) is 0 Å². The number of carbonyl (C=O) groups is 1. The summed E-state index contributed by atoms with van der Waals surface area (Å²) in [5, 5.41) is 13.5. The molecule has 1 aliphatic rings. The van der Waals surface area contributed by atoms with E-state index in [2.05, 4.69) is 16.4 Å². The first kappa shape index (κ1) is 14.3. The van der Waals surface area contributed by atoms with Crippen molar-refractivity contribution >= 4 is 16.7 Å². The Morgan fingerprint density at radius 3 is 2.68 bits per heavy atom. The summed E-state index contributed by atoms with van der Waals surface area (Å²) in [6.07, 6.45) is 4.27. The average Bonchev–Trinajstić information content (AvgIpc) is 2.55. The number of nitrogens with one attached hydrogen (secondary N) is 2. The van der Waals surface area contributed by atoms with Crippen molar-refractivity contribution in [2.45, 2.75) is 37.6 Å². The maximum absolute atomic E-state index is 12.4. The number of hydrogen-bond acceptors (Lipinski definition) is 3. The van der Waals surface area contributed by atoms with Crippen LogP contribution in [0.2, 0.25) is 0 Å². The molecule has 0 unspecified atom stereocenters. The van der Waals surface area contributed by atoms with Crippen LogP contribution in [-0.2, 0) is 0 Å². The molecule has 3 rings (SSSR count). The molecule has 1 fully saturated rings. The van der Waals surface area contributed by atoms with Crippen LogP contribution in [0.5, 0.6) is 0 Å². The predicted octanol–water partition coefficient (Wildman–Crippen LogP) is 2.48. The first-order chi connectivity index (χ1) is 10.6. The van der Waals surface area contributed by atoms with E-state index in [4.69, 9.17) is 0 Å². The first-order valence-electron chi connectivity index (χ1n) is 7.49. The number of fused-ring (bicyclic) bond motifs is 1. The Labute approximate surface area is 128 Å². The maximum Gasteiger partial charge on any atom is 0.269 e. The fourth-order valence-electron chi connectivity index (χ4n) is 3.04. The minimum absolute atomic E-state index is 0.198. The van der Waals surface area contributed by atoms with Gasteiger partial charge in [0.1, 0.15) is 11.2 Å². The molecule has 2 aromatic rings. The van der Waals surface area contributed by atoms with Crippen molar-refractivity contribution in [3.05, 3.63) is 46.4 Å². The molecule has 0 saturated heterocycles. The summed E-state index contributed by atoms with van der Waals surface area (Å²) >= 11 is 0. The molecule has 1 saturated carbocycles. The summed E-state index contributed by atoms with van der Waals surface area (Å²) in [4.78, 5) is 27.1. The van der Waals surface area contributed by atoms with Crippen molar-refractivity contribution in [3.63, 3.8) is 0 Å². The number of carbonyl (C=O) groups excluding carboxylic acids is 1. The summed E-state index contributed by atoms with van der Waals surface area (Å²) < 4.78 is 0. The number of nitriles is 1. The van der Waals surface area contributed by atoms with Crippen molar-refractivity contribution < 1.29 is 4.79 Å². The number of aromatic amines is 1. The zero-order chi connectivity index (χ0) is 15.6. The van der Waals surface area contributed by atoms with Crippen molar-refractivity contribution in [1.82, 2.24) is 10.3 Å². The van der Waals surface area contributed by atoms with Gasteiger partial charge in [0, 0.05) is 5.39 Å². The van der Waals surface area contributed by atoms with E-state index in [0.717, 1.165) is 19.3 Å². The fraction of sp³-hybridized carbons (Fsp3) is 0.353. The van der Waals surface area contributed by atoms with Gasteiger partial charge in [0.05, 0.1) is 6.07 Å². The molecule has 0 atom stereocenters. The van der Waals surface area contributed by atoms with Crippen LogP contribution in [0.15, 0.2) is 35.1 Å². The molecule has 5 heteroatoms. The molecule has 1 amide bonds. The van der Waals surface area contributed by atoms with Crippen LogP contribution >= 0.6 is 0 Å². The Morgan fingerprint density at radius 1 is 1.23 bits per heavy atom. The molecule has 0 bridgehead atoms. The number of nitrogens with zero attached hydrogens (tertiary/aromatic N) is 1. The highest BCUT2D eigenvalue weighted by molar-refractivity contribution is 5.96. The second-order valence-electron chi connectivity index (χ2n) is 5.81. The van der Waals surface area contributed by atoms with E-state index < -0.39 is 11.4 Å². The van der Waals surface area contributed by atoms with Gasteiger partial charge in [-0.05, 0) is 30.4 Å². The third kappa shape index (κ3) is 2.60. The lowest BCUT2D eigenvalue weighted by atomic mass is 9.83. The van der Waals surface area contributed by atoms with Crippen LogP contribution in [0, 0.1) is 11.3 Å². The van der Waals surface area contributed by atoms with Crippen molar-refractivity contribution in [2.75, 3.05) is 0 Å². The van der Waals surface area contributed by atoms with Gasteiger partial charge < -0.3 is 10.3 Å². The summed E-state index contributed by atoms with van der Waals surface area (Å²) in [7, 11) is 0. The third-order valence-electron chi connectivity index (χ3n) is 4.27. The Bertz CT molecular complexity index is 810. The monoisotopic (exact) mass is 295 g/mol. The normalized spacial score (nSPS) is 16.9. The first-order valence-corrected chi connectivity index (χ1v) is 7.49. The molecule has 1 heterocycles. The number of benzene rings is 1. The molecule has 0 aliphatic heterocycles. The highest BCUT2D eigenvalue weighted by Crippen LogP contribution is 2.27. The lowest BCUT2D eigenvalue weighted by Crippen LogP contribution is -2.49. The van der Waals surface area contributed by atoms with Crippen LogP contribution in [-0.4, -0.2) is 16.4 Å². The zero-order valence-electron chi connectivity index (χ0n) is 12.2. The van der Waals surface area contributed by atoms with Crippen LogP contribution < -0.4 is 10.9 Å². The molecule has 1 aromatic heterocycles. The third-order valence-corrected chi connectivity index (χ3v) is 4.27. The molecular formula is C17H17N3O2. The molecule has 2 N–H and O–H groups in total. The minimum atomic E-state index is -0.808. The molecular weight excluding hydrogens is 278 g/mol. The summed E-state index contributed by atoms with van der Waals surface area (Å²) in [6, 6.07) is 11.0. The van der Waals surface area contributed by atoms with Gasteiger partial charge in [-0.3, -0.25) is 9.59 Å². The zero-order valence-corrected chi connectivity index (χ0v) is 12.2. The molecule has 22 heavy (non-hydrogen) atoms. The van der Waals surface area contributed by atoms with E-state index in [-0.39, 0.29) is 11.3 Å². The highest BCUT2D eigenvalue weighted by atomic mass is 16.2. The minimum Gasteiger partial charge on any atom is -0.332 e. The van der Waals surface area contributed by atoms with E-state index >= 15 is 0 Å². The maximum atomic E-state index is 12.4. The van der Waals surface area contributed by atoms with Gasteiger partial charge >= 0.3 is 0 Å². The molecule has 1 aliphatic carbocycles. The fourth-order valence-corrected chi connectivity index (χ4v) is 3.04. The van der Waals surface area contributed by atoms with Gasteiger partial charge in [0.2, 0.25) is 0 Å². The summed E-state index contributed by atoms with van der Waals surface area (Å²) in [6.45, 7) is 0. The summed E-state index contributed by atoms with van der Waals surface area (Å²) in [5.74, 6) is -0.397. The number of hydrogen-bond donors (Lipinski definition) is 2. The van der Waals surface area contributed by atoms with Gasteiger partial charge in [-0.15, -0.1) is 0 Å². The second kappa shape index (κ2) is 5.64. The van der Waals surface area contributed by atoms with E-state index in [9.17, 15) is 14.9 Å². The van der Waals surface area contributed by atoms with Crippen LogP contribution in [0.25, 0.3) is 10.8 Å². The standard InChI is InChI=1S/C17H17N3O2/c18-11-17(8-4-1-5-9-17)20-16(22)14-10-12-6-2-3-7-13(12)15(21)19-14/h2-3,6-7,10H,1,4-5,8-9H2,(H,19,21)(H,20,22). The smallest absolute Gasteiger partial charge is 0.269 e. The van der Waals surface area contributed by atoms with Crippen molar-refractivity contribution in [1.29, 1.82) is 5.26 Å². The Kier molecular flexibility index (Phi) is 3.68. The molecule has 5 nitrogen and oxygen atoms in total. The molecule has 1 aromatic carbocycles. The van der Waals surface area contributed by atoms with Crippen LogP contribution in [0.1, 0.15) is 42.6 Å². The van der Waals surface area contributed by atoms with Gasteiger partial charge in [-0.25, -0.2) is 0 Å². The lowest BCUT2D eigenvalue weighted by molar-refractivity contribution is 0.0897. The largest absolute Gasteiger partial charge is 0.332 e. The van der Waals surface area contributed by atoms with Gasteiger partial charge in [0.15, 0.2) is 0 Å². The summed E-state index contributed by atoms with van der Waals surface area (Å²) in [5.41, 5.74) is -0.903. The Balaban J connectivity index is 1.92. The number of amides is 1. The number of pyridine rings is 1. The Hall–Kier alpha value is -2.61. The number of rotatable bonds is 2. The molecule has 0 spiro atoms. The van der Waals surface area contributed by atoms with E-state index in [0.29, 0.717) is 23.6 Å². The highest BCUT2D eigenvalue weighted by Gasteiger charge is 2.34. The van der Waals surface area contributed by atoms with E-state index in [1.807, 2.05) is 6.07 Å². The SMILES string of the molecule is N#CC1(NC(=O)c2cc3ccccc3c(=O)[nH]2)CCCCC1. The molecule has 0 radical (unpaired) electrons. The lowest BCUT2D eigenvalue weighted by Gasteiger charge is -2.31. The number of H-pyrrole nitrogens is 1.